The molecule has 2 rings (SSSR count). The Morgan fingerprint density at radius 1 is 1.18 bits per heavy atom. The van der Waals surface area contributed by atoms with Crippen molar-refractivity contribution in [1.29, 1.82) is 0 Å². The number of hydrogen-bond acceptors (Lipinski definition) is 6. The van der Waals surface area contributed by atoms with Crippen LogP contribution in [0.3, 0.4) is 0 Å². The predicted octanol–water partition coefficient (Wildman–Crippen LogP) is 2.86. The Labute approximate surface area is 126 Å². The summed E-state index contributed by atoms with van der Waals surface area (Å²) in [6.45, 7) is 0. The van der Waals surface area contributed by atoms with Crippen LogP contribution in [0.5, 0.6) is 11.5 Å². The van der Waals surface area contributed by atoms with Crippen LogP contribution in [0.15, 0.2) is 42.5 Å². The molecule has 1 N–H and O–H groups in total. The maximum Gasteiger partial charge on any atom is 0.343 e. The number of methoxy groups -OCH3 is 1. The fraction of sp³-hybridized carbons (Fsp3) is 0.133. The van der Waals surface area contributed by atoms with Gasteiger partial charge in [0, 0.05) is 13.1 Å². The summed E-state index contributed by atoms with van der Waals surface area (Å²) >= 11 is 0. The number of ether oxygens (including phenoxy) is 2. The van der Waals surface area contributed by atoms with E-state index in [1.807, 2.05) is 0 Å². The number of nitro benzene ring substituents is 1. The van der Waals surface area contributed by atoms with Crippen LogP contribution in [0.1, 0.15) is 10.4 Å². The summed E-state index contributed by atoms with van der Waals surface area (Å²) < 4.78 is 10.3. The van der Waals surface area contributed by atoms with Gasteiger partial charge < -0.3 is 14.8 Å². The van der Waals surface area contributed by atoms with E-state index in [0.717, 1.165) is 0 Å². The zero-order valence-electron chi connectivity index (χ0n) is 12.0. The van der Waals surface area contributed by atoms with E-state index in [9.17, 15) is 14.9 Å². The first-order chi connectivity index (χ1) is 10.6. The number of nitrogens with zero attached hydrogens (tertiary/aromatic N) is 1. The Bertz CT molecular complexity index is 715. The van der Waals surface area contributed by atoms with Crippen LogP contribution >= 0.6 is 0 Å². The lowest BCUT2D eigenvalue weighted by molar-refractivity contribution is -0.384. The molecule has 2 aromatic rings. The zero-order chi connectivity index (χ0) is 16.1. The van der Waals surface area contributed by atoms with E-state index in [2.05, 4.69) is 5.32 Å². The Morgan fingerprint density at radius 3 is 2.45 bits per heavy atom. The predicted molar refractivity (Wildman–Crippen MR) is 80.6 cm³/mol. The molecule has 7 heteroatoms. The molecule has 0 spiro atoms. The second kappa shape index (κ2) is 6.57. The molecule has 0 unspecified atom stereocenters. The molecule has 0 fully saturated rings. The molecule has 114 valence electrons. The van der Waals surface area contributed by atoms with Crippen LogP contribution < -0.4 is 14.8 Å². The van der Waals surface area contributed by atoms with Gasteiger partial charge in [-0.3, -0.25) is 10.1 Å². The smallest absolute Gasteiger partial charge is 0.343 e. The first-order valence-electron chi connectivity index (χ1n) is 6.38. The van der Waals surface area contributed by atoms with Gasteiger partial charge in [0.25, 0.3) is 5.69 Å². The van der Waals surface area contributed by atoms with Gasteiger partial charge in [0.1, 0.15) is 5.69 Å². The standard InChI is InChI=1S/C15H14N2O5/c1-16-11-8-7-10(9-12(11)17(19)20)15(18)22-14-6-4-3-5-13(14)21-2/h3-9,16H,1-2H3. The molecule has 0 radical (unpaired) electrons. The average molecular weight is 302 g/mol. The van der Waals surface area contributed by atoms with Crippen LogP contribution in [0.2, 0.25) is 0 Å². The summed E-state index contributed by atoms with van der Waals surface area (Å²) in [5, 5.41) is 13.7. The molecule has 0 amide bonds. The van der Waals surface area contributed by atoms with E-state index >= 15 is 0 Å². The molecule has 0 atom stereocenters. The number of nitro groups is 1. The van der Waals surface area contributed by atoms with Crippen molar-refractivity contribution in [3.8, 4) is 11.5 Å². The number of para-hydroxylation sites is 2. The number of benzene rings is 2. The van der Waals surface area contributed by atoms with Crippen molar-refractivity contribution in [2.45, 2.75) is 0 Å². The first-order valence-corrected chi connectivity index (χ1v) is 6.38. The highest BCUT2D eigenvalue weighted by atomic mass is 16.6. The fourth-order valence-electron chi connectivity index (χ4n) is 1.88. The average Bonchev–Trinajstić information content (AvgIpc) is 2.54. The van der Waals surface area contributed by atoms with E-state index in [-0.39, 0.29) is 17.0 Å². The van der Waals surface area contributed by atoms with Crippen molar-refractivity contribution < 1.29 is 19.2 Å². The first kappa shape index (κ1) is 15.3. The van der Waals surface area contributed by atoms with Gasteiger partial charge in [-0.05, 0) is 24.3 Å². The largest absolute Gasteiger partial charge is 0.493 e. The van der Waals surface area contributed by atoms with Crippen molar-refractivity contribution in [1.82, 2.24) is 0 Å². The molecule has 0 saturated carbocycles. The highest BCUT2D eigenvalue weighted by molar-refractivity contribution is 5.93. The van der Waals surface area contributed by atoms with Gasteiger partial charge in [-0.2, -0.15) is 0 Å². The normalized spacial score (nSPS) is 9.91. The molecular weight excluding hydrogens is 288 g/mol. The molecule has 7 nitrogen and oxygen atoms in total. The van der Waals surface area contributed by atoms with E-state index in [4.69, 9.17) is 9.47 Å². The quantitative estimate of drug-likeness (QED) is 0.395. The Morgan fingerprint density at radius 2 is 1.86 bits per heavy atom. The fourth-order valence-corrected chi connectivity index (χ4v) is 1.88. The lowest BCUT2D eigenvalue weighted by atomic mass is 10.1. The minimum Gasteiger partial charge on any atom is -0.493 e. The summed E-state index contributed by atoms with van der Waals surface area (Å²) in [7, 11) is 3.02. The van der Waals surface area contributed by atoms with Crippen molar-refractivity contribution in [3.05, 3.63) is 58.1 Å². The van der Waals surface area contributed by atoms with Crippen LogP contribution in [0, 0.1) is 10.1 Å². The molecule has 2 aromatic carbocycles. The van der Waals surface area contributed by atoms with E-state index < -0.39 is 10.9 Å². The van der Waals surface area contributed by atoms with Gasteiger partial charge in [0.05, 0.1) is 17.6 Å². The number of esters is 1. The van der Waals surface area contributed by atoms with Crippen molar-refractivity contribution in [2.24, 2.45) is 0 Å². The van der Waals surface area contributed by atoms with Crippen molar-refractivity contribution >= 4 is 17.3 Å². The molecular formula is C15H14N2O5. The molecule has 0 aromatic heterocycles. The van der Waals surface area contributed by atoms with Crippen LogP contribution in [0.25, 0.3) is 0 Å². The summed E-state index contributed by atoms with van der Waals surface area (Å²) in [6.07, 6.45) is 0. The highest BCUT2D eigenvalue weighted by Gasteiger charge is 2.19. The number of nitrogens with one attached hydrogen (secondary N) is 1. The highest BCUT2D eigenvalue weighted by Crippen LogP contribution is 2.29. The lowest BCUT2D eigenvalue weighted by Gasteiger charge is -2.09. The minimum absolute atomic E-state index is 0.0802. The molecule has 0 aliphatic rings. The van der Waals surface area contributed by atoms with Gasteiger partial charge in [-0.1, -0.05) is 12.1 Å². The van der Waals surface area contributed by atoms with Gasteiger partial charge in [-0.15, -0.1) is 0 Å². The summed E-state index contributed by atoms with van der Waals surface area (Å²) in [6, 6.07) is 10.7. The minimum atomic E-state index is -0.699. The van der Waals surface area contributed by atoms with Crippen LogP contribution in [-0.4, -0.2) is 25.1 Å². The molecule has 0 bridgehead atoms. The number of carbonyl (C=O) groups excluding carboxylic acids is 1. The maximum atomic E-state index is 12.1. The van der Waals surface area contributed by atoms with Crippen LogP contribution in [-0.2, 0) is 0 Å². The van der Waals surface area contributed by atoms with Gasteiger partial charge in [0.15, 0.2) is 11.5 Å². The SMILES string of the molecule is CNc1ccc(C(=O)Oc2ccccc2OC)cc1[N+](=O)[O-]. The van der Waals surface area contributed by atoms with Crippen molar-refractivity contribution in [3.63, 3.8) is 0 Å². The number of rotatable bonds is 5. The summed E-state index contributed by atoms with van der Waals surface area (Å²) in [5.74, 6) is -0.0530. The van der Waals surface area contributed by atoms with E-state index in [1.165, 1.54) is 25.3 Å². The molecule has 0 heterocycles. The summed E-state index contributed by atoms with van der Waals surface area (Å²) in [4.78, 5) is 22.6. The third kappa shape index (κ3) is 3.14. The molecule has 0 aliphatic carbocycles. The molecule has 0 saturated heterocycles. The lowest BCUT2D eigenvalue weighted by Crippen LogP contribution is -2.10. The Hall–Kier alpha value is -3.09. The third-order valence-corrected chi connectivity index (χ3v) is 2.97. The topological polar surface area (TPSA) is 90.7 Å². The van der Waals surface area contributed by atoms with Gasteiger partial charge in [-0.25, -0.2) is 4.79 Å². The van der Waals surface area contributed by atoms with Crippen molar-refractivity contribution in [2.75, 3.05) is 19.5 Å². The second-order valence-electron chi connectivity index (χ2n) is 4.28. The Kier molecular flexibility index (Phi) is 4.57. The van der Waals surface area contributed by atoms with Gasteiger partial charge in [0.2, 0.25) is 0 Å². The maximum absolute atomic E-state index is 12.1. The van der Waals surface area contributed by atoms with E-state index in [0.29, 0.717) is 11.4 Å². The molecule has 0 aliphatic heterocycles. The van der Waals surface area contributed by atoms with E-state index in [1.54, 1.807) is 31.3 Å². The second-order valence-corrected chi connectivity index (χ2v) is 4.28. The molecule has 22 heavy (non-hydrogen) atoms. The van der Waals surface area contributed by atoms with Gasteiger partial charge >= 0.3 is 5.97 Å². The number of anilines is 1. The number of hydrogen-bond donors (Lipinski definition) is 1. The summed E-state index contributed by atoms with van der Waals surface area (Å²) in [5.41, 5.74) is 0.201. The third-order valence-electron chi connectivity index (χ3n) is 2.97. The Balaban J connectivity index is 2.30. The van der Waals surface area contributed by atoms with Crippen LogP contribution in [0.4, 0.5) is 11.4 Å². The zero-order valence-corrected chi connectivity index (χ0v) is 12.0. The monoisotopic (exact) mass is 302 g/mol. The number of carbonyl (C=O) groups is 1.